The van der Waals surface area contributed by atoms with Crippen LogP contribution in [0.3, 0.4) is 0 Å². The van der Waals surface area contributed by atoms with E-state index in [-0.39, 0.29) is 18.3 Å². The highest BCUT2D eigenvalue weighted by Gasteiger charge is 2.46. The van der Waals surface area contributed by atoms with Crippen molar-refractivity contribution >= 4 is 12.0 Å². The molecule has 31 heavy (non-hydrogen) atoms. The number of hydrogen-bond acceptors (Lipinski definition) is 5. The number of amides is 2. The summed E-state index contributed by atoms with van der Waals surface area (Å²) in [5.41, 5.74) is -2.01. The average Bonchev–Trinajstić information content (AvgIpc) is 3.23. The van der Waals surface area contributed by atoms with Crippen LogP contribution in [0.4, 0.5) is 18.0 Å². The lowest BCUT2D eigenvalue weighted by atomic mass is 9.94. The molecule has 0 saturated heterocycles. The standard InChI is InChI=1S/C21H23F3N2O5/c1-3-10-30-19(27)16-17(25-20(28)26-18(16)21(22,23)24)12-8-9-14(29-2)15(11-12)31-13-6-4-5-7-13/h3,8-9,11,13,17H,1,4-7,10H2,2H3,(H2,25,26,28). The van der Waals surface area contributed by atoms with E-state index in [4.69, 9.17) is 14.2 Å². The minimum atomic E-state index is -4.98. The predicted molar refractivity (Wildman–Crippen MR) is 105 cm³/mol. The minimum Gasteiger partial charge on any atom is -0.493 e. The molecule has 1 aromatic carbocycles. The Morgan fingerprint density at radius 2 is 1.97 bits per heavy atom. The molecule has 2 amide bonds. The van der Waals surface area contributed by atoms with Crippen LogP contribution in [0.5, 0.6) is 11.5 Å². The van der Waals surface area contributed by atoms with E-state index in [9.17, 15) is 22.8 Å². The molecule has 0 spiro atoms. The number of urea groups is 1. The molecule has 0 aromatic heterocycles. The normalized spacial score (nSPS) is 19.5. The van der Waals surface area contributed by atoms with Crippen LogP contribution < -0.4 is 20.1 Å². The maximum Gasteiger partial charge on any atom is 0.432 e. The first-order chi connectivity index (χ1) is 14.7. The topological polar surface area (TPSA) is 85.9 Å². The number of esters is 1. The largest absolute Gasteiger partial charge is 0.493 e. The number of halogens is 3. The van der Waals surface area contributed by atoms with E-state index in [0.29, 0.717) is 11.5 Å². The minimum absolute atomic E-state index is 0.0370. The van der Waals surface area contributed by atoms with Crippen molar-refractivity contribution in [2.75, 3.05) is 13.7 Å². The van der Waals surface area contributed by atoms with Crippen LogP contribution in [-0.4, -0.2) is 38.0 Å². The molecule has 0 bridgehead atoms. The van der Waals surface area contributed by atoms with Gasteiger partial charge >= 0.3 is 18.2 Å². The predicted octanol–water partition coefficient (Wildman–Crippen LogP) is 3.92. The Bertz CT molecular complexity index is 891. The molecule has 2 aliphatic rings. The van der Waals surface area contributed by atoms with E-state index in [1.165, 1.54) is 31.4 Å². The summed E-state index contributed by atoms with van der Waals surface area (Å²) in [5, 5.41) is 4.05. The van der Waals surface area contributed by atoms with Crippen molar-refractivity contribution in [3.63, 3.8) is 0 Å². The van der Waals surface area contributed by atoms with Gasteiger partial charge in [-0.15, -0.1) is 0 Å². The van der Waals surface area contributed by atoms with Gasteiger partial charge in [0.2, 0.25) is 0 Å². The summed E-state index contributed by atoms with van der Waals surface area (Å²) < 4.78 is 57.1. The highest BCUT2D eigenvalue weighted by molar-refractivity contribution is 5.95. The SMILES string of the molecule is C=CCOC(=O)C1=C(C(F)(F)F)NC(=O)NC1c1ccc(OC)c(OC2CCCC2)c1. The molecule has 1 saturated carbocycles. The second-order valence-corrected chi connectivity index (χ2v) is 7.14. The third-order valence-electron chi connectivity index (χ3n) is 5.02. The molecule has 1 aromatic rings. The first kappa shape index (κ1) is 22.5. The molecule has 0 radical (unpaired) electrons. The van der Waals surface area contributed by atoms with Gasteiger partial charge in [-0.2, -0.15) is 13.2 Å². The number of ether oxygens (including phenoxy) is 3. The molecule has 1 atom stereocenters. The monoisotopic (exact) mass is 440 g/mol. The van der Waals surface area contributed by atoms with Gasteiger partial charge in [0.15, 0.2) is 11.5 Å². The van der Waals surface area contributed by atoms with Crippen LogP contribution in [0.1, 0.15) is 37.3 Å². The summed E-state index contributed by atoms with van der Waals surface area (Å²) >= 11 is 0. The number of allylic oxidation sites excluding steroid dienone is 1. The maximum absolute atomic E-state index is 13.6. The van der Waals surface area contributed by atoms with Crippen molar-refractivity contribution in [1.82, 2.24) is 10.6 Å². The van der Waals surface area contributed by atoms with Crippen LogP contribution in [0, 0.1) is 0 Å². The zero-order chi connectivity index (χ0) is 22.6. The summed E-state index contributed by atoms with van der Waals surface area (Å²) in [6, 6.07) is 1.97. The second kappa shape index (κ2) is 9.32. The van der Waals surface area contributed by atoms with Gasteiger partial charge in [-0.1, -0.05) is 18.7 Å². The van der Waals surface area contributed by atoms with Crippen molar-refractivity contribution in [2.45, 2.75) is 44.0 Å². The average molecular weight is 440 g/mol. The summed E-state index contributed by atoms with van der Waals surface area (Å²) in [6.45, 7) is 3.10. The van der Waals surface area contributed by atoms with Gasteiger partial charge in [0.05, 0.1) is 24.8 Å². The Morgan fingerprint density at radius 1 is 1.26 bits per heavy atom. The maximum atomic E-state index is 13.6. The van der Waals surface area contributed by atoms with Gasteiger partial charge in [-0.25, -0.2) is 9.59 Å². The Hall–Kier alpha value is -3.17. The number of rotatable bonds is 7. The fraction of sp³-hybridized carbons (Fsp3) is 0.429. The Morgan fingerprint density at radius 3 is 2.58 bits per heavy atom. The summed E-state index contributed by atoms with van der Waals surface area (Å²) in [4.78, 5) is 24.5. The molecule has 7 nitrogen and oxygen atoms in total. The second-order valence-electron chi connectivity index (χ2n) is 7.14. The first-order valence-electron chi connectivity index (χ1n) is 9.76. The Labute approximate surface area is 177 Å². The number of alkyl halides is 3. The Kier molecular flexibility index (Phi) is 6.77. The number of nitrogens with one attached hydrogen (secondary N) is 2. The first-order valence-corrected chi connectivity index (χ1v) is 9.76. The molecule has 1 aliphatic carbocycles. The number of benzene rings is 1. The molecular weight excluding hydrogens is 417 g/mol. The third kappa shape index (κ3) is 5.12. The lowest BCUT2D eigenvalue weighted by Crippen LogP contribution is -2.49. The molecule has 10 heteroatoms. The number of carbonyl (C=O) groups excluding carboxylic acids is 2. The molecule has 1 fully saturated rings. The van der Waals surface area contributed by atoms with Gasteiger partial charge in [-0.3, -0.25) is 0 Å². The molecule has 1 heterocycles. The van der Waals surface area contributed by atoms with Crippen molar-refractivity contribution < 1.29 is 37.0 Å². The van der Waals surface area contributed by atoms with Gasteiger partial charge < -0.3 is 24.8 Å². The fourth-order valence-corrected chi connectivity index (χ4v) is 3.62. The number of carbonyl (C=O) groups is 2. The lowest BCUT2D eigenvalue weighted by molar-refractivity contribution is -0.140. The zero-order valence-corrected chi connectivity index (χ0v) is 16.9. The summed E-state index contributed by atoms with van der Waals surface area (Å²) in [7, 11) is 1.45. The van der Waals surface area contributed by atoms with Gasteiger partial charge in [0, 0.05) is 0 Å². The molecule has 2 N–H and O–H groups in total. The molecule has 1 unspecified atom stereocenters. The van der Waals surface area contributed by atoms with Gasteiger partial charge in [-0.05, 0) is 43.4 Å². The molecule has 168 valence electrons. The number of methoxy groups -OCH3 is 1. The van der Waals surface area contributed by atoms with Crippen LogP contribution in [0.2, 0.25) is 0 Å². The van der Waals surface area contributed by atoms with E-state index in [0.717, 1.165) is 25.7 Å². The highest BCUT2D eigenvalue weighted by atomic mass is 19.4. The van der Waals surface area contributed by atoms with Crippen molar-refractivity contribution in [3.8, 4) is 11.5 Å². The number of hydrogen-bond donors (Lipinski definition) is 2. The summed E-state index contributed by atoms with van der Waals surface area (Å²) in [5.74, 6) is -0.502. The van der Waals surface area contributed by atoms with Gasteiger partial charge in [0.25, 0.3) is 0 Å². The molecular formula is C21H23F3N2O5. The summed E-state index contributed by atoms with van der Waals surface area (Å²) in [6.07, 6.45) is -0.0269. The van der Waals surface area contributed by atoms with E-state index in [1.54, 1.807) is 5.32 Å². The van der Waals surface area contributed by atoms with E-state index >= 15 is 0 Å². The zero-order valence-electron chi connectivity index (χ0n) is 16.9. The molecule has 1 aliphatic heterocycles. The lowest BCUT2D eigenvalue weighted by Gasteiger charge is -2.30. The highest BCUT2D eigenvalue weighted by Crippen LogP contribution is 2.39. The smallest absolute Gasteiger partial charge is 0.432 e. The fourth-order valence-electron chi connectivity index (χ4n) is 3.62. The van der Waals surface area contributed by atoms with Crippen molar-refractivity contribution in [1.29, 1.82) is 0 Å². The van der Waals surface area contributed by atoms with Crippen LogP contribution >= 0.6 is 0 Å². The van der Waals surface area contributed by atoms with Crippen LogP contribution in [0.25, 0.3) is 0 Å². The molecule has 3 rings (SSSR count). The van der Waals surface area contributed by atoms with E-state index in [1.807, 2.05) is 0 Å². The van der Waals surface area contributed by atoms with Crippen molar-refractivity contribution in [3.05, 3.63) is 47.7 Å². The van der Waals surface area contributed by atoms with E-state index in [2.05, 4.69) is 11.9 Å². The van der Waals surface area contributed by atoms with Gasteiger partial charge in [0.1, 0.15) is 12.3 Å². The Balaban J connectivity index is 2.05. The van der Waals surface area contributed by atoms with Crippen LogP contribution in [-0.2, 0) is 9.53 Å². The van der Waals surface area contributed by atoms with Crippen molar-refractivity contribution in [2.24, 2.45) is 0 Å². The quantitative estimate of drug-likeness (QED) is 0.496. The van der Waals surface area contributed by atoms with E-state index < -0.39 is 35.5 Å². The third-order valence-corrected chi connectivity index (χ3v) is 5.02. The van der Waals surface area contributed by atoms with Crippen LogP contribution in [0.15, 0.2) is 42.1 Å².